The molecule has 4 rings (SSSR count). The van der Waals surface area contributed by atoms with Crippen LogP contribution in [0.5, 0.6) is 5.75 Å². The summed E-state index contributed by atoms with van der Waals surface area (Å²) < 4.78 is 12.9. The van der Waals surface area contributed by atoms with E-state index < -0.39 is 5.97 Å². The van der Waals surface area contributed by atoms with Crippen molar-refractivity contribution in [3.05, 3.63) is 65.9 Å². The third-order valence-electron chi connectivity index (χ3n) is 5.11. The second-order valence-corrected chi connectivity index (χ2v) is 6.94. The van der Waals surface area contributed by atoms with E-state index in [1.165, 1.54) is 0 Å². The SMILES string of the molecule is COc1ccc(-c2ccnn2-c2ccc(C(=O)O)cc2)cc1C[C@@H]1CCOC1. The minimum Gasteiger partial charge on any atom is -0.496 e. The van der Waals surface area contributed by atoms with E-state index in [9.17, 15) is 4.79 Å². The van der Waals surface area contributed by atoms with Gasteiger partial charge in [-0.3, -0.25) is 0 Å². The van der Waals surface area contributed by atoms with E-state index in [4.69, 9.17) is 14.6 Å². The normalized spacial score (nSPS) is 16.2. The third kappa shape index (κ3) is 3.64. The molecule has 1 atom stereocenters. The first-order valence-electron chi connectivity index (χ1n) is 9.28. The van der Waals surface area contributed by atoms with Crippen molar-refractivity contribution in [2.75, 3.05) is 20.3 Å². The number of aromatic carboxylic acids is 1. The van der Waals surface area contributed by atoms with E-state index in [0.717, 1.165) is 54.3 Å². The van der Waals surface area contributed by atoms with Gasteiger partial charge in [-0.1, -0.05) is 0 Å². The molecule has 3 aromatic rings. The Morgan fingerprint density at radius 1 is 1.25 bits per heavy atom. The summed E-state index contributed by atoms with van der Waals surface area (Å²) in [5.74, 6) is 0.452. The maximum absolute atomic E-state index is 11.1. The Balaban J connectivity index is 1.68. The molecular formula is C22H22N2O4. The summed E-state index contributed by atoms with van der Waals surface area (Å²) in [6.45, 7) is 1.62. The van der Waals surface area contributed by atoms with E-state index in [-0.39, 0.29) is 5.56 Å². The number of hydrogen-bond acceptors (Lipinski definition) is 4. The first-order chi connectivity index (χ1) is 13.7. The lowest BCUT2D eigenvalue weighted by molar-refractivity contribution is 0.0697. The van der Waals surface area contributed by atoms with Gasteiger partial charge in [0.05, 0.1) is 30.3 Å². The first kappa shape index (κ1) is 18.3. The lowest BCUT2D eigenvalue weighted by Gasteiger charge is -2.14. The quantitative estimate of drug-likeness (QED) is 0.706. The number of carboxylic acid groups (broad SMARTS) is 1. The maximum atomic E-state index is 11.1. The zero-order valence-corrected chi connectivity index (χ0v) is 15.7. The molecule has 0 amide bonds. The number of aromatic nitrogens is 2. The van der Waals surface area contributed by atoms with Crippen LogP contribution >= 0.6 is 0 Å². The molecule has 1 N–H and O–H groups in total. The van der Waals surface area contributed by atoms with Crippen molar-refractivity contribution in [3.8, 4) is 22.7 Å². The highest BCUT2D eigenvalue weighted by molar-refractivity contribution is 5.87. The fourth-order valence-corrected chi connectivity index (χ4v) is 3.63. The van der Waals surface area contributed by atoms with Gasteiger partial charge in [0.1, 0.15) is 5.75 Å². The van der Waals surface area contributed by atoms with Crippen molar-refractivity contribution >= 4 is 5.97 Å². The van der Waals surface area contributed by atoms with Crippen molar-refractivity contribution in [1.82, 2.24) is 9.78 Å². The van der Waals surface area contributed by atoms with Gasteiger partial charge in [-0.25, -0.2) is 9.48 Å². The predicted molar refractivity (Wildman–Crippen MR) is 105 cm³/mol. The minimum atomic E-state index is -0.942. The smallest absolute Gasteiger partial charge is 0.335 e. The van der Waals surface area contributed by atoms with E-state index in [0.29, 0.717) is 5.92 Å². The maximum Gasteiger partial charge on any atom is 0.335 e. The Morgan fingerprint density at radius 2 is 2.07 bits per heavy atom. The van der Waals surface area contributed by atoms with Crippen LogP contribution in [0.25, 0.3) is 16.9 Å². The van der Waals surface area contributed by atoms with Gasteiger partial charge < -0.3 is 14.6 Å². The predicted octanol–water partition coefficient (Wildman–Crippen LogP) is 3.83. The fourth-order valence-electron chi connectivity index (χ4n) is 3.63. The van der Waals surface area contributed by atoms with Crippen LogP contribution in [0.1, 0.15) is 22.3 Å². The molecule has 1 aliphatic heterocycles. The lowest BCUT2D eigenvalue weighted by Crippen LogP contribution is -2.06. The molecular weight excluding hydrogens is 356 g/mol. The highest BCUT2D eigenvalue weighted by atomic mass is 16.5. The number of benzene rings is 2. The Hall–Kier alpha value is -3.12. The van der Waals surface area contributed by atoms with Gasteiger partial charge in [0, 0.05) is 18.8 Å². The van der Waals surface area contributed by atoms with Crippen LogP contribution < -0.4 is 4.74 Å². The zero-order valence-electron chi connectivity index (χ0n) is 15.7. The van der Waals surface area contributed by atoms with Crippen LogP contribution in [0, 0.1) is 5.92 Å². The summed E-state index contributed by atoms with van der Waals surface area (Å²) in [4.78, 5) is 11.1. The van der Waals surface area contributed by atoms with Crippen LogP contribution in [0.2, 0.25) is 0 Å². The molecule has 1 aliphatic rings. The number of hydrogen-bond donors (Lipinski definition) is 1. The zero-order chi connectivity index (χ0) is 19.5. The molecule has 0 spiro atoms. The molecule has 1 fully saturated rings. The number of rotatable bonds is 6. The largest absolute Gasteiger partial charge is 0.496 e. The number of methoxy groups -OCH3 is 1. The number of carboxylic acids is 1. The Bertz CT molecular complexity index is 972. The summed E-state index contributed by atoms with van der Waals surface area (Å²) in [7, 11) is 1.69. The summed E-state index contributed by atoms with van der Waals surface area (Å²) in [6.07, 6.45) is 3.73. The molecule has 0 unspecified atom stereocenters. The average molecular weight is 378 g/mol. The van der Waals surface area contributed by atoms with Gasteiger partial charge in [-0.15, -0.1) is 0 Å². The molecule has 0 radical (unpaired) electrons. The molecule has 144 valence electrons. The highest BCUT2D eigenvalue weighted by Gasteiger charge is 2.19. The molecule has 6 heteroatoms. The lowest BCUT2D eigenvalue weighted by atomic mass is 9.96. The van der Waals surface area contributed by atoms with E-state index in [2.05, 4.69) is 11.2 Å². The second kappa shape index (κ2) is 7.86. The molecule has 1 saturated heterocycles. The van der Waals surface area contributed by atoms with Crippen molar-refractivity contribution < 1.29 is 19.4 Å². The molecule has 6 nitrogen and oxygen atoms in total. The molecule has 2 heterocycles. The molecule has 0 aliphatic carbocycles. The summed E-state index contributed by atoms with van der Waals surface area (Å²) in [5, 5.41) is 13.5. The van der Waals surface area contributed by atoms with Crippen LogP contribution in [-0.4, -0.2) is 41.2 Å². The fraction of sp³-hybridized carbons (Fsp3) is 0.273. The molecule has 0 saturated carbocycles. The van der Waals surface area contributed by atoms with Crippen LogP contribution in [-0.2, 0) is 11.2 Å². The Kier molecular flexibility index (Phi) is 5.12. The van der Waals surface area contributed by atoms with Crippen LogP contribution in [0.15, 0.2) is 54.7 Å². The van der Waals surface area contributed by atoms with Crippen LogP contribution in [0.4, 0.5) is 0 Å². The highest BCUT2D eigenvalue weighted by Crippen LogP contribution is 2.31. The number of nitrogens with zero attached hydrogens (tertiary/aromatic N) is 2. The van der Waals surface area contributed by atoms with Crippen LogP contribution in [0.3, 0.4) is 0 Å². The molecule has 28 heavy (non-hydrogen) atoms. The molecule has 0 bridgehead atoms. The number of ether oxygens (including phenoxy) is 2. The summed E-state index contributed by atoms with van der Waals surface area (Å²) >= 11 is 0. The third-order valence-corrected chi connectivity index (χ3v) is 5.11. The average Bonchev–Trinajstić information content (AvgIpc) is 3.40. The van der Waals surface area contributed by atoms with E-state index in [1.807, 2.05) is 22.9 Å². The summed E-state index contributed by atoms with van der Waals surface area (Å²) in [5.41, 5.74) is 4.20. The monoisotopic (exact) mass is 378 g/mol. The van der Waals surface area contributed by atoms with Gasteiger partial charge in [-0.05, 0) is 72.9 Å². The number of carbonyl (C=O) groups is 1. The molecule has 1 aromatic heterocycles. The van der Waals surface area contributed by atoms with Crippen molar-refractivity contribution in [2.24, 2.45) is 5.92 Å². The Labute approximate surface area is 163 Å². The standard InChI is InChI=1S/C22H22N2O4/c1-27-21-7-4-17(13-18(21)12-15-9-11-28-14-15)20-8-10-23-24(20)19-5-2-16(3-6-19)22(25)26/h2-8,10,13,15H,9,11-12,14H2,1H3,(H,25,26)/t15-/m0/s1. The second-order valence-electron chi connectivity index (χ2n) is 6.94. The summed E-state index contributed by atoms with van der Waals surface area (Å²) in [6, 6.07) is 14.8. The Morgan fingerprint density at radius 3 is 2.75 bits per heavy atom. The molecule has 2 aromatic carbocycles. The van der Waals surface area contributed by atoms with E-state index in [1.54, 1.807) is 37.6 Å². The topological polar surface area (TPSA) is 73.6 Å². The van der Waals surface area contributed by atoms with E-state index >= 15 is 0 Å². The minimum absolute atomic E-state index is 0.253. The van der Waals surface area contributed by atoms with Gasteiger partial charge >= 0.3 is 5.97 Å². The van der Waals surface area contributed by atoms with Gasteiger partial charge in [0.15, 0.2) is 0 Å². The van der Waals surface area contributed by atoms with Gasteiger partial charge in [0.25, 0.3) is 0 Å². The van der Waals surface area contributed by atoms with Gasteiger partial charge in [0.2, 0.25) is 0 Å². The van der Waals surface area contributed by atoms with Gasteiger partial charge in [-0.2, -0.15) is 5.10 Å². The van der Waals surface area contributed by atoms with Crippen molar-refractivity contribution in [3.63, 3.8) is 0 Å². The first-order valence-corrected chi connectivity index (χ1v) is 9.28. The van der Waals surface area contributed by atoms with Crippen molar-refractivity contribution in [1.29, 1.82) is 0 Å². The van der Waals surface area contributed by atoms with Crippen molar-refractivity contribution in [2.45, 2.75) is 12.8 Å².